The Hall–Kier alpha value is -1.49. The highest BCUT2D eigenvalue weighted by atomic mass is 19.1. The Morgan fingerprint density at radius 1 is 1.26 bits per heavy atom. The number of benzene rings is 1. The molecule has 0 saturated carbocycles. The lowest BCUT2D eigenvalue weighted by Gasteiger charge is -2.20. The zero-order valence-corrected chi connectivity index (χ0v) is 11.5. The first-order chi connectivity index (χ1) is 8.78. The summed E-state index contributed by atoms with van der Waals surface area (Å²) in [6.45, 7) is 6.66. The molecule has 0 bridgehead atoms. The molecule has 0 radical (unpaired) electrons. The van der Waals surface area contributed by atoms with E-state index in [2.05, 4.69) is 10.6 Å². The summed E-state index contributed by atoms with van der Waals surface area (Å²) in [6, 6.07) is 3.31. The Balaban J connectivity index is 2.34. The first kappa shape index (κ1) is 15.6. The normalized spacial score (nSPS) is 11.4. The largest absolute Gasteiger partial charge is 0.352 e. The van der Waals surface area contributed by atoms with Crippen LogP contribution in [-0.4, -0.2) is 18.0 Å². The van der Waals surface area contributed by atoms with Crippen LogP contribution >= 0.6 is 0 Å². The zero-order chi connectivity index (χ0) is 14.5. The van der Waals surface area contributed by atoms with Crippen LogP contribution in [0.5, 0.6) is 0 Å². The monoisotopic (exact) mass is 270 g/mol. The van der Waals surface area contributed by atoms with Crippen molar-refractivity contribution >= 4 is 5.91 Å². The second-order valence-corrected chi connectivity index (χ2v) is 5.44. The van der Waals surface area contributed by atoms with E-state index in [1.54, 1.807) is 0 Å². The molecular formula is C14H20F2N2O. The van der Waals surface area contributed by atoms with Crippen molar-refractivity contribution in [2.75, 3.05) is 6.54 Å². The molecule has 1 aromatic rings. The molecule has 19 heavy (non-hydrogen) atoms. The van der Waals surface area contributed by atoms with Crippen molar-refractivity contribution in [1.29, 1.82) is 0 Å². The van der Waals surface area contributed by atoms with Gasteiger partial charge in [0, 0.05) is 36.7 Å². The number of carbonyl (C=O) groups is 1. The van der Waals surface area contributed by atoms with E-state index in [0.29, 0.717) is 13.0 Å². The van der Waals surface area contributed by atoms with Crippen molar-refractivity contribution in [3.8, 4) is 0 Å². The van der Waals surface area contributed by atoms with Crippen molar-refractivity contribution in [2.24, 2.45) is 0 Å². The molecule has 3 nitrogen and oxygen atoms in total. The standard InChI is InChI=1S/C14H20F2N2O/c1-14(2,3)18-7-6-13(19)17-9-10-4-5-11(15)8-12(10)16/h4-5,8,18H,6-7,9H2,1-3H3,(H,17,19). The van der Waals surface area contributed by atoms with Gasteiger partial charge < -0.3 is 10.6 Å². The third-order valence-electron chi connectivity index (χ3n) is 2.50. The molecule has 0 atom stereocenters. The molecule has 1 rings (SSSR count). The number of nitrogens with one attached hydrogen (secondary N) is 2. The van der Waals surface area contributed by atoms with Gasteiger partial charge in [-0.2, -0.15) is 0 Å². The lowest BCUT2D eigenvalue weighted by molar-refractivity contribution is -0.121. The molecule has 0 aliphatic heterocycles. The van der Waals surface area contributed by atoms with E-state index in [1.807, 2.05) is 20.8 Å². The summed E-state index contributed by atoms with van der Waals surface area (Å²) in [7, 11) is 0. The van der Waals surface area contributed by atoms with Crippen LogP contribution in [0.25, 0.3) is 0 Å². The van der Waals surface area contributed by atoms with E-state index in [0.717, 1.165) is 6.07 Å². The Morgan fingerprint density at radius 2 is 1.95 bits per heavy atom. The molecule has 0 heterocycles. The summed E-state index contributed by atoms with van der Waals surface area (Å²) in [5.74, 6) is -1.43. The van der Waals surface area contributed by atoms with E-state index in [4.69, 9.17) is 0 Å². The summed E-state index contributed by atoms with van der Waals surface area (Å²) in [4.78, 5) is 11.5. The van der Waals surface area contributed by atoms with Crippen LogP contribution < -0.4 is 10.6 Å². The van der Waals surface area contributed by atoms with E-state index < -0.39 is 11.6 Å². The fourth-order valence-electron chi connectivity index (χ4n) is 1.50. The van der Waals surface area contributed by atoms with Crippen molar-refractivity contribution < 1.29 is 13.6 Å². The molecule has 0 unspecified atom stereocenters. The van der Waals surface area contributed by atoms with E-state index >= 15 is 0 Å². The van der Waals surface area contributed by atoms with Gasteiger partial charge in [-0.15, -0.1) is 0 Å². The molecule has 106 valence electrons. The van der Waals surface area contributed by atoms with Gasteiger partial charge in [0.25, 0.3) is 0 Å². The highest BCUT2D eigenvalue weighted by Crippen LogP contribution is 2.09. The fourth-order valence-corrected chi connectivity index (χ4v) is 1.50. The highest BCUT2D eigenvalue weighted by Gasteiger charge is 2.10. The van der Waals surface area contributed by atoms with Crippen LogP contribution in [0.15, 0.2) is 18.2 Å². The summed E-state index contributed by atoms with van der Waals surface area (Å²) < 4.78 is 26.0. The van der Waals surface area contributed by atoms with Gasteiger partial charge in [-0.3, -0.25) is 4.79 Å². The molecule has 1 aromatic carbocycles. The van der Waals surface area contributed by atoms with E-state index in [-0.39, 0.29) is 23.6 Å². The van der Waals surface area contributed by atoms with Crippen LogP contribution in [0.1, 0.15) is 32.8 Å². The second-order valence-electron chi connectivity index (χ2n) is 5.44. The molecule has 0 spiro atoms. The lowest BCUT2D eigenvalue weighted by atomic mass is 10.1. The first-order valence-corrected chi connectivity index (χ1v) is 6.23. The maximum absolute atomic E-state index is 13.3. The van der Waals surface area contributed by atoms with Gasteiger partial charge >= 0.3 is 0 Å². The Labute approximate surface area is 112 Å². The molecule has 1 amide bonds. The van der Waals surface area contributed by atoms with Gasteiger partial charge in [-0.25, -0.2) is 8.78 Å². The average molecular weight is 270 g/mol. The number of hydrogen-bond donors (Lipinski definition) is 2. The minimum absolute atomic E-state index is 0.0383. The molecule has 0 aliphatic rings. The van der Waals surface area contributed by atoms with Crippen LogP contribution in [-0.2, 0) is 11.3 Å². The van der Waals surface area contributed by atoms with Crippen LogP contribution in [0.2, 0.25) is 0 Å². The average Bonchev–Trinajstić information content (AvgIpc) is 2.26. The van der Waals surface area contributed by atoms with Gasteiger partial charge in [-0.1, -0.05) is 6.07 Å². The number of amides is 1. The maximum atomic E-state index is 13.3. The van der Waals surface area contributed by atoms with Crippen LogP contribution in [0.3, 0.4) is 0 Å². The zero-order valence-electron chi connectivity index (χ0n) is 11.5. The predicted octanol–water partition coefficient (Wildman–Crippen LogP) is 2.36. The SMILES string of the molecule is CC(C)(C)NCCC(=O)NCc1ccc(F)cc1F. The topological polar surface area (TPSA) is 41.1 Å². The molecule has 0 aliphatic carbocycles. The highest BCUT2D eigenvalue weighted by molar-refractivity contribution is 5.76. The third kappa shape index (κ3) is 6.29. The van der Waals surface area contributed by atoms with Crippen molar-refractivity contribution in [1.82, 2.24) is 10.6 Å². The molecule has 0 fully saturated rings. The second kappa shape index (κ2) is 6.61. The quantitative estimate of drug-likeness (QED) is 0.862. The Bertz CT molecular complexity index is 442. The number of halogens is 2. The summed E-state index contributed by atoms with van der Waals surface area (Å²) in [5, 5.41) is 5.79. The predicted molar refractivity (Wildman–Crippen MR) is 70.6 cm³/mol. The smallest absolute Gasteiger partial charge is 0.221 e. The van der Waals surface area contributed by atoms with Gasteiger partial charge in [0.15, 0.2) is 0 Å². The number of rotatable bonds is 5. The van der Waals surface area contributed by atoms with Crippen LogP contribution in [0, 0.1) is 11.6 Å². The Kier molecular flexibility index (Phi) is 5.42. The maximum Gasteiger partial charge on any atom is 0.221 e. The third-order valence-corrected chi connectivity index (χ3v) is 2.50. The Morgan fingerprint density at radius 3 is 2.53 bits per heavy atom. The van der Waals surface area contributed by atoms with Gasteiger partial charge in [0.1, 0.15) is 11.6 Å². The van der Waals surface area contributed by atoms with Crippen LogP contribution in [0.4, 0.5) is 8.78 Å². The summed E-state index contributed by atoms with van der Waals surface area (Å²) in [5.41, 5.74) is 0.238. The molecule has 5 heteroatoms. The minimum Gasteiger partial charge on any atom is -0.352 e. The number of hydrogen-bond acceptors (Lipinski definition) is 2. The van der Waals surface area contributed by atoms with E-state index in [9.17, 15) is 13.6 Å². The van der Waals surface area contributed by atoms with Crippen molar-refractivity contribution in [2.45, 2.75) is 39.3 Å². The molecule has 0 saturated heterocycles. The summed E-state index contributed by atoms with van der Waals surface area (Å²) >= 11 is 0. The lowest BCUT2D eigenvalue weighted by Crippen LogP contribution is -2.38. The van der Waals surface area contributed by atoms with Gasteiger partial charge in [-0.05, 0) is 26.8 Å². The molecular weight excluding hydrogens is 250 g/mol. The van der Waals surface area contributed by atoms with Gasteiger partial charge in [0.2, 0.25) is 5.91 Å². The van der Waals surface area contributed by atoms with E-state index in [1.165, 1.54) is 12.1 Å². The van der Waals surface area contributed by atoms with Gasteiger partial charge in [0.05, 0.1) is 0 Å². The van der Waals surface area contributed by atoms with Crippen molar-refractivity contribution in [3.63, 3.8) is 0 Å². The number of carbonyl (C=O) groups excluding carboxylic acids is 1. The van der Waals surface area contributed by atoms with Crippen molar-refractivity contribution in [3.05, 3.63) is 35.4 Å². The molecule has 0 aromatic heterocycles. The first-order valence-electron chi connectivity index (χ1n) is 6.23. The molecule has 2 N–H and O–H groups in total. The summed E-state index contributed by atoms with van der Waals surface area (Å²) in [6.07, 6.45) is 0.320. The fraction of sp³-hybridized carbons (Fsp3) is 0.500. The minimum atomic E-state index is -0.645.